The normalized spacial score (nSPS) is 21.8. The molecular formula is C26H29F2N5O3. The van der Waals surface area contributed by atoms with Gasteiger partial charge in [-0.05, 0) is 56.7 Å². The average molecular weight is 498 g/mol. The van der Waals surface area contributed by atoms with Crippen molar-refractivity contribution in [2.24, 2.45) is 5.92 Å². The first kappa shape index (κ1) is 24.1. The highest BCUT2D eigenvalue weighted by molar-refractivity contribution is 6.09. The average Bonchev–Trinajstić information content (AvgIpc) is 3.59. The van der Waals surface area contributed by atoms with Crippen LogP contribution in [-0.2, 0) is 4.79 Å². The van der Waals surface area contributed by atoms with Crippen LogP contribution in [0.5, 0.6) is 5.75 Å². The number of hydrogen-bond donors (Lipinski definition) is 3. The molecule has 0 bridgehead atoms. The molecule has 2 saturated carbocycles. The number of amides is 2. The second kappa shape index (κ2) is 9.83. The van der Waals surface area contributed by atoms with Crippen LogP contribution < -0.4 is 15.4 Å². The van der Waals surface area contributed by atoms with E-state index in [0.717, 1.165) is 12.8 Å². The number of rotatable bonds is 7. The molecule has 0 unspecified atom stereocenters. The Hall–Kier alpha value is -3.56. The summed E-state index contributed by atoms with van der Waals surface area (Å²) < 4.78 is 34.8. The molecule has 3 N–H and O–H groups in total. The molecule has 0 spiro atoms. The number of carbonyl (C=O) groups is 2. The quantitative estimate of drug-likeness (QED) is 0.458. The lowest BCUT2D eigenvalue weighted by Crippen LogP contribution is -2.49. The topological polar surface area (TPSA) is 109 Å². The third-order valence-corrected chi connectivity index (χ3v) is 6.86. The highest BCUT2D eigenvalue weighted by atomic mass is 19.1. The van der Waals surface area contributed by atoms with Crippen molar-refractivity contribution in [3.8, 4) is 17.0 Å². The van der Waals surface area contributed by atoms with Crippen LogP contribution in [0.1, 0.15) is 55.1 Å². The van der Waals surface area contributed by atoms with Gasteiger partial charge in [0.2, 0.25) is 5.91 Å². The van der Waals surface area contributed by atoms with Gasteiger partial charge in [-0.1, -0.05) is 0 Å². The van der Waals surface area contributed by atoms with E-state index >= 15 is 0 Å². The Balaban J connectivity index is 1.40. The summed E-state index contributed by atoms with van der Waals surface area (Å²) in [5, 5.41) is 5.55. The summed E-state index contributed by atoms with van der Waals surface area (Å²) in [6.45, 7) is 3.68. The zero-order valence-corrected chi connectivity index (χ0v) is 20.2. The number of nitrogens with zero attached hydrogens (tertiary/aromatic N) is 2. The Kier molecular flexibility index (Phi) is 6.59. The Bertz CT molecular complexity index is 1310. The van der Waals surface area contributed by atoms with E-state index in [1.54, 1.807) is 13.0 Å². The van der Waals surface area contributed by atoms with E-state index in [0.29, 0.717) is 64.7 Å². The number of benzene rings is 1. The number of H-pyrrole nitrogens is 1. The van der Waals surface area contributed by atoms with E-state index in [2.05, 4.69) is 25.6 Å². The molecule has 8 nitrogen and oxygen atoms in total. The van der Waals surface area contributed by atoms with Crippen molar-refractivity contribution in [1.82, 2.24) is 25.6 Å². The van der Waals surface area contributed by atoms with Gasteiger partial charge >= 0.3 is 0 Å². The zero-order chi connectivity index (χ0) is 25.4. The first-order chi connectivity index (χ1) is 17.3. The third-order valence-electron chi connectivity index (χ3n) is 6.86. The van der Waals surface area contributed by atoms with E-state index < -0.39 is 18.0 Å². The molecule has 2 aliphatic rings. The lowest BCUT2D eigenvalue weighted by molar-refractivity contribution is -0.120. The number of ether oxygens (including phenoxy) is 1. The number of nitrogens with one attached hydrogen (secondary N) is 3. The van der Waals surface area contributed by atoms with Crippen molar-refractivity contribution in [2.45, 2.75) is 64.2 Å². The number of aromatic nitrogens is 3. The molecule has 2 fully saturated rings. The first-order valence-corrected chi connectivity index (χ1v) is 12.3. The van der Waals surface area contributed by atoms with Crippen LogP contribution in [0.4, 0.5) is 8.78 Å². The van der Waals surface area contributed by atoms with Gasteiger partial charge in [0.15, 0.2) is 0 Å². The molecule has 2 aromatic heterocycles. The molecule has 190 valence electrons. The summed E-state index contributed by atoms with van der Waals surface area (Å²) >= 11 is 0. The molecule has 3 atom stereocenters. The zero-order valence-electron chi connectivity index (χ0n) is 20.2. The van der Waals surface area contributed by atoms with Crippen molar-refractivity contribution in [3.63, 3.8) is 0 Å². The molecule has 2 amide bonds. The molecule has 1 aromatic carbocycles. The van der Waals surface area contributed by atoms with Gasteiger partial charge in [0, 0.05) is 30.6 Å². The van der Waals surface area contributed by atoms with Crippen LogP contribution in [0.15, 0.2) is 24.5 Å². The van der Waals surface area contributed by atoms with Crippen molar-refractivity contribution in [2.75, 3.05) is 6.61 Å². The minimum atomic E-state index is -1.24. The number of aryl methyl sites for hydroxylation is 1. The van der Waals surface area contributed by atoms with Crippen molar-refractivity contribution >= 4 is 22.8 Å². The van der Waals surface area contributed by atoms with Crippen LogP contribution >= 0.6 is 0 Å². The molecule has 0 radical (unpaired) electrons. The standard InChI is InChI=1S/C26H29F2N5O3/c1-13-22(26(35)33-17-6-7-20(19(28)10-17)32-14(2)34)24-25(31-13)23(29-12-30-24)18-9-16(27)5-8-21(18)36-11-15-3-4-15/h5,8-9,12,15,17,19-20,31H,3-4,6-7,10-11H2,1-2H3,(H,32,34)(H,33,35)/t17-,19+,20-/m0/s1. The number of hydrogen-bond acceptors (Lipinski definition) is 5. The Morgan fingerprint density at radius 2 is 1.97 bits per heavy atom. The molecular weight excluding hydrogens is 468 g/mol. The fourth-order valence-electron chi connectivity index (χ4n) is 4.84. The van der Waals surface area contributed by atoms with Crippen LogP contribution in [0, 0.1) is 18.7 Å². The van der Waals surface area contributed by atoms with Gasteiger partial charge in [0.05, 0.1) is 23.7 Å². The summed E-state index contributed by atoms with van der Waals surface area (Å²) in [5.41, 5.74) is 2.73. The summed E-state index contributed by atoms with van der Waals surface area (Å²) in [6.07, 6.45) is 3.45. The second-order valence-corrected chi connectivity index (χ2v) is 9.77. The predicted octanol–water partition coefficient (Wildman–Crippen LogP) is 3.99. The molecule has 2 heterocycles. The minimum absolute atomic E-state index is 0.114. The van der Waals surface area contributed by atoms with E-state index in [4.69, 9.17) is 4.74 Å². The largest absolute Gasteiger partial charge is 0.493 e. The van der Waals surface area contributed by atoms with E-state index in [9.17, 15) is 18.4 Å². The SMILES string of the molecule is CC(=O)N[C@H]1CC[C@H](NC(=O)c2c(C)[nH]c3c(-c4cc(F)ccc4OCC4CC4)ncnc23)C[C@H]1F. The van der Waals surface area contributed by atoms with Crippen molar-refractivity contribution in [1.29, 1.82) is 0 Å². The molecule has 0 saturated heterocycles. The van der Waals surface area contributed by atoms with Gasteiger partial charge in [0.1, 0.15) is 35.3 Å². The molecule has 5 rings (SSSR count). The highest BCUT2D eigenvalue weighted by Gasteiger charge is 2.33. The number of carbonyl (C=O) groups excluding carboxylic acids is 2. The predicted molar refractivity (Wildman–Crippen MR) is 130 cm³/mol. The fourth-order valence-corrected chi connectivity index (χ4v) is 4.84. The monoisotopic (exact) mass is 497 g/mol. The van der Waals surface area contributed by atoms with Gasteiger partial charge in [-0.15, -0.1) is 0 Å². The summed E-state index contributed by atoms with van der Waals surface area (Å²) in [6, 6.07) is 3.41. The fraction of sp³-hybridized carbons (Fsp3) is 0.462. The minimum Gasteiger partial charge on any atom is -0.493 e. The van der Waals surface area contributed by atoms with Crippen molar-refractivity contribution in [3.05, 3.63) is 41.6 Å². The molecule has 36 heavy (non-hydrogen) atoms. The van der Waals surface area contributed by atoms with Gasteiger partial charge in [-0.3, -0.25) is 9.59 Å². The van der Waals surface area contributed by atoms with Gasteiger partial charge < -0.3 is 20.4 Å². The van der Waals surface area contributed by atoms with E-state index in [1.165, 1.54) is 25.4 Å². The number of fused-ring (bicyclic) bond motifs is 1. The maximum Gasteiger partial charge on any atom is 0.255 e. The summed E-state index contributed by atoms with van der Waals surface area (Å²) in [7, 11) is 0. The number of alkyl halides is 1. The van der Waals surface area contributed by atoms with Crippen LogP contribution in [-0.4, -0.2) is 51.6 Å². The summed E-state index contributed by atoms with van der Waals surface area (Å²) in [5.74, 6) is -0.0232. The van der Waals surface area contributed by atoms with E-state index in [1.807, 2.05) is 0 Å². The van der Waals surface area contributed by atoms with Gasteiger partial charge in [-0.2, -0.15) is 0 Å². The van der Waals surface area contributed by atoms with Crippen LogP contribution in [0.25, 0.3) is 22.3 Å². The molecule has 2 aliphatic carbocycles. The maximum absolute atomic E-state index is 14.6. The second-order valence-electron chi connectivity index (χ2n) is 9.77. The van der Waals surface area contributed by atoms with Crippen LogP contribution in [0.2, 0.25) is 0 Å². The lowest BCUT2D eigenvalue weighted by Gasteiger charge is -2.32. The first-order valence-electron chi connectivity index (χ1n) is 12.3. The smallest absolute Gasteiger partial charge is 0.255 e. The van der Waals surface area contributed by atoms with Crippen molar-refractivity contribution < 1.29 is 23.1 Å². The maximum atomic E-state index is 14.6. The number of halogens is 2. The Morgan fingerprint density at radius 1 is 1.17 bits per heavy atom. The third kappa shape index (κ3) is 5.03. The van der Waals surface area contributed by atoms with Gasteiger partial charge in [-0.25, -0.2) is 18.7 Å². The highest BCUT2D eigenvalue weighted by Crippen LogP contribution is 2.37. The van der Waals surface area contributed by atoms with E-state index in [-0.39, 0.29) is 24.3 Å². The molecule has 3 aromatic rings. The van der Waals surface area contributed by atoms with Crippen LogP contribution in [0.3, 0.4) is 0 Å². The molecule has 0 aliphatic heterocycles. The Morgan fingerprint density at radius 3 is 2.69 bits per heavy atom. The lowest BCUT2D eigenvalue weighted by atomic mass is 9.89. The van der Waals surface area contributed by atoms with Gasteiger partial charge in [0.25, 0.3) is 5.91 Å². The Labute approximate surface area is 207 Å². The molecule has 10 heteroatoms. The number of aromatic amines is 1. The summed E-state index contributed by atoms with van der Waals surface area (Å²) in [4.78, 5) is 36.5.